The third-order valence-electron chi connectivity index (χ3n) is 3.01. The van der Waals surface area contributed by atoms with E-state index < -0.39 is 0 Å². The van der Waals surface area contributed by atoms with E-state index in [1.54, 1.807) is 0 Å². The fourth-order valence-electron chi connectivity index (χ4n) is 2.01. The number of nitrogens with two attached hydrogens (primary N) is 1. The molecule has 2 aromatic rings. The highest BCUT2D eigenvalue weighted by atomic mass is 35.5. The van der Waals surface area contributed by atoms with Gasteiger partial charge in [0.05, 0.1) is 6.20 Å². The molecule has 1 aromatic carbocycles. The number of halogens is 1. The second-order valence-electron chi connectivity index (χ2n) is 4.89. The lowest BCUT2D eigenvalue weighted by Gasteiger charge is -2.14. The van der Waals surface area contributed by atoms with E-state index in [0.717, 1.165) is 23.4 Å². The molecule has 20 heavy (non-hydrogen) atoms. The molecule has 5 heteroatoms. The molecule has 1 unspecified atom stereocenters. The van der Waals surface area contributed by atoms with Crippen molar-refractivity contribution in [3.8, 4) is 5.75 Å². The van der Waals surface area contributed by atoms with Crippen molar-refractivity contribution >= 4 is 11.6 Å². The molecule has 0 saturated carbocycles. The number of nitrogens with zero attached hydrogens (tertiary/aromatic N) is 2. The lowest BCUT2D eigenvalue weighted by atomic mass is 10.1. The van der Waals surface area contributed by atoms with Crippen molar-refractivity contribution in [2.24, 2.45) is 5.73 Å². The maximum absolute atomic E-state index is 6.23. The molecule has 0 radical (unpaired) electrons. The highest BCUT2D eigenvalue weighted by Crippen LogP contribution is 2.28. The molecule has 0 aliphatic heterocycles. The van der Waals surface area contributed by atoms with Gasteiger partial charge in [0, 0.05) is 34.9 Å². The van der Waals surface area contributed by atoms with Gasteiger partial charge in [-0.2, -0.15) is 5.10 Å². The van der Waals surface area contributed by atoms with Gasteiger partial charge in [-0.15, -0.1) is 0 Å². The summed E-state index contributed by atoms with van der Waals surface area (Å²) >= 11 is 6.23. The molecular weight excluding hydrogens is 274 g/mol. The summed E-state index contributed by atoms with van der Waals surface area (Å²) in [4.78, 5) is 0. The van der Waals surface area contributed by atoms with Crippen molar-refractivity contribution in [3.63, 3.8) is 0 Å². The van der Waals surface area contributed by atoms with Crippen LogP contribution in [0.4, 0.5) is 0 Å². The highest BCUT2D eigenvalue weighted by molar-refractivity contribution is 6.31. The van der Waals surface area contributed by atoms with E-state index in [-0.39, 0.29) is 6.04 Å². The van der Waals surface area contributed by atoms with Crippen LogP contribution in [0.5, 0.6) is 5.75 Å². The first kappa shape index (κ1) is 14.9. The van der Waals surface area contributed by atoms with Gasteiger partial charge >= 0.3 is 0 Å². The SMILES string of the molecule is CCn1cc(COc2cccc(Cl)c2CC(C)N)cn1. The number of hydrogen-bond donors (Lipinski definition) is 1. The molecular formula is C15H20ClN3O. The smallest absolute Gasteiger partial charge is 0.124 e. The molecule has 0 fully saturated rings. The van der Waals surface area contributed by atoms with Crippen LogP contribution in [-0.4, -0.2) is 15.8 Å². The van der Waals surface area contributed by atoms with Gasteiger partial charge < -0.3 is 10.5 Å². The average molecular weight is 294 g/mol. The molecule has 1 atom stereocenters. The number of rotatable bonds is 6. The lowest BCUT2D eigenvalue weighted by Crippen LogP contribution is -2.18. The number of benzene rings is 1. The first-order valence-electron chi connectivity index (χ1n) is 6.77. The van der Waals surface area contributed by atoms with E-state index in [9.17, 15) is 0 Å². The molecule has 1 heterocycles. The lowest BCUT2D eigenvalue weighted by molar-refractivity contribution is 0.302. The Morgan fingerprint density at radius 1 is 1.45 bits per heavy atom. The fourth-order valence-corrected chi connectivity index (χ4v) is 2.25. The maximum Gasteiger partial charge on any atom is 0.124 e. The zero-order chi connectivity index (χ0) is 14.5. The zero-order valence-electron chi connectivity index (χ0n) is 11.8. The Morgan fingerprint density at radius 2 is 2.25 bits per heavy atom. The van der Waals surface area contributed by atoms with Crippen LogP contribution in [-0.2, 0) is 19.6 Å². The Kier molecular flexibility index (Phi) is 5.04. The summed E-state index contributed by atoms with van der Waals surface area (Å²) in [6.45, 7) is 5.34. The van der Waals surface area contributed by atoms with Crippen molar-refractivity contribution in [2.45, 2.75) is 39.5 Å². The van der Waals surface area contributed by atoms with E-state index in [1.807, 2.05) is 42.2 Å². The zero-order valence-corrected chi connectivity index (χ0v) is 12.6. The molecule has 2 N–H and O–H groups in total. The van der Waals surface area contributed by atoms with Gasteiger partial charge in [0.15, 0.2) is 0 Å². The summed E-state index contributed by atoms with van der Waals surface area (Å²) in [5.74, 6) is 0.791. The molecule has 0 amide bonds. The summed E-state index contributed by atoms with van der Waals surface area (Å²) in [6.07, 6.45) is 4.50. The first-order valence-corrected chi connectivity index (χ1v) is 7.15. The van der Waals surface area contributed by atoms with E-state index in [0.29, 0.717) is 18.1 Å². The topological polar surface area (TPSA) is 53.1 Å². The minimum atomic E-state index is 0.0418. The van der Waals surface area contributed by atoms with Gasteiger partial charge in [0.25, 0.3) is 0 Å². The minimum absolute atomic E-state index is 0.0418. The Balaban J connectivity index is 2.10. The molecule has 1 aromatic heterocycles. The van der Waals surface area contributed by atoms with E-state index in [4.69, 9.17) is 22.1 Å². The number of hydrogen-bond acceptors (Lipinski definition) is 3. The van der Waals surface area contributed by atoms with Crippen molar-refractivity contribution in [1.29, 1.82) is 0 Å². The Hall–Kier alpha value is -1.52. The molecule has 2 rings (SSSR count). The van der Waals surface area contributed by atoms with Gasteiger partial charge in [-0.05, 0) is 32.4 Å². The monoisotopic (exact) mass is 293 g/mol. The van der Waals surface area contributed by atoms with Crippen LogP contribution >= 0.6 is 11.6 Å². The second-order valence-corrected chi connectivity index (χ2v) is 5.30. The quantitative estimate of drug-likeness (QED) is 0.891. The van der Waals surface area contributed by atoms with Crippen LogP contribution in [0.3, 0.4) is 0 Å². The Bertz CT molecular complexity index is 566. The van der Waals surface area contributed by atoms with Crippen LogP contribution in [0.15, 0.2) is 30.6 Å². The molecule has 0 spiro atoms. The number of aromatic nitrogens is 2. The first-order chi connectivity index (χ1) is 9.60. The predicted molar refractivity (Wildman–Crippen MR) is 81.0 cm³/mol. The van der Waals surface area contributed by atoms with Gasteiger partial charge in [0.2, 0.25) is 0 Å². The molecule has 0 saturated heterocycles. The minimum Gasteiger partial charge on any atom is -0.488 e. The van der Waals surface area contributed by atoms with E-state index in [1.165, 1.54) is 0 Å². The Labute approximate surface area is 124 Å². The fraction of sp³-hybridized carbons (Fsp3) is 0.400. The predicted octanol–water partition coefficient (Wildman–Crippen LogP) is 3.03. The normalized spacial score (nSPS) is 12.4. The van der Waals surface area contributed by atoms with E-state index in [2.05, 4.69) is 12.0 Å². The molecule has 4 nitrogen and oxygen atoms in total. The third kappa shape index (κ3) is 3.74. The highest BCUT2D eigenvalue weighted by Gasteiger charge is 2.11. The van der Waals surface area contributed by atoms with Gasteiger partial charge in [-0.25, -0.2) is 0 Å². The largest absolute Gasteiger partial charge is 0.488 e. The van der Waals surface area contributed by atoms with Crippen LogP contribution in [0.25, 0.3) is 0 Å². The van der Waals surface area contributed by atoms with Crippen LogP contribution in [0.1, 0.15) is 25.0 Å². The summed E-state index contributed by atoms with van der Waals surface area (Å²) in [5, 5.41) is 4.92. The molecule has 0 aliphatic rings. The van der Waals surface area contributed by atoms with Gasteiger partial charge in [0.1, 0.15) is 12.4 Å². The van der Waals surface area contributed by atoms with Gasteiger partial charge in [-0.3, -0.25) is 4.68 Å². The maximum atomic E-state index is 6.23. The average Bonchev–Trinajstić information content (AvgIpc) is 2.87. The standard InChI is InChI=1S/C15H20ClN3O/c1-3-19-9-12(8-18-19)10-20-15-6-4-5-14(16)13(15)7-11(2)17/h4-6,8-9,11H,3,7,10,17H2,1-2H3. The molecule has 0 aliphatic carbocycles. The van der Waals surface area contributed by atoms with Crippen LogP contribution in [0, 0.1) is 0 Å². The van der Waals surface area contributed by atoms with Gasteiger partial charge in [-0.1, -0.05) is 17.7 Å². The molecule has 0 bridgehead atoms. The Morgan fingerprint density at radius 3 is 2.90 bits per heavy atom. The van der Waals surface area contributed by atoms with Crippen molar-refractivity contribution < 1.29 is 4.74 Å². The number of ether oxygens (including phenoxy) is 1. The second kappa shape index (κ2) is 6.77. The van der Waals surface area contributed by atoms with Crippen molar-refractivity contribution in [3.05, 3.63) is 46.7 Å². The van der Waals surface area contributed by atoms with Crippen molar-refractivity contribution in [2.75, 3.05) is 0 Å². The summed E-state index contributed by atoms with van der Waals surface area (Å²) < 4.78 is 7.74. The summed E-state index contributed by atoms with van der Waals surface area (Å²) in [7, 11) is 0. The third-order valence-corrected chi connectivity index (χ3v) is 3.36. The number of aryl methyl sites for hydroxylation is 1. The molecule has 108 valence electrons. The van der Waals surface area contributed by atoms with Crippen molar-refractivity contribution in [1.82, 2.24) is 9.78 Å². The summed E-state index contributed by atoms with van der Waals surface area (Å²) in [6, 6.07) is 5.72. The van der Waals surface area contributed by atoms with E-state index >= 15 is 0 Å². The summed E-state index contributed by atoms with van der Waals surface area (Å²) in [5.41, 5.74) is 7.87. The van der Waals surface area contributed by atoms with Crippen LogP contribution in [0.2, 0.25) is 5.02 Å². The van der Waals surface area contributed by atoms with Crippen LogP contribution < -0.4 is 10.5 Å².